The Bertz CT molecular complexity index is 37.9. The Morgan fingerprint density at radius 1 is 1.71 bits per heavy atom. The molecule has 3 heteroatoms. The number of thioether (sulfide) groups is 1. The Kier molecular flexibility index (Phi) is 5.97. The molecule has 0 amide bonds. The van der Waals surface area contributed by atoms with Crippen LogP contribution in [0.1, 0.15) is 0 Å². The van der Waals surface area contributed by atoms with Crippen molar-refractivity contribution in [3.05, 3.63) is 0 Å². The largest absolute Gasteiger partial charge is 0.178 e. The number of hydrogen-bond acceptors (Lipinski definition) is 3. The van der Waals surface area contributed by atoms with E-state index in [1.807, 2.05) is 11.8 Å². The van der Waals surface area contributed by atoms with Gasteiger partial charge >= 0.3 is 0 Å². The number of thiol groups is 2. The minimum Gasteiger partial charge on any atom is -0.178 e. The summed E-state index contributed by atoms with van der Waals surface area (Å²) in [6, 6.07) is 0. The zero-order valence-corrected chi connectivity index (χ0v) is 6.90. The summed E-state index contributed by atoms with van der Waals surface area (Å²) in [5.74, 6) is 1.98. The van der Waals surface area contributed by atoms with Crippen LogP contribution in [0.15, 0.2) is 0 Å². The van der Waals surface area contributed by atoms with Gasteiger partial charge in [0.15, 0.2) is 0 Å². The lowest BCUT2D eigenvalue weighted by molar-refractivity contribution is 1.17. The normalized spacial score (nSPS) is 14.1. The van der Waals surface area contributed by atoms with E-state index in [-0.39, 0.29) is 0 Å². The number of hydrogen-bond donors (Lipinski definition) is 2. The second-order valence-electron chi connectivity index (χ2n) is 1.29. The van der Waals surface area contributed by atoms with Gasteiger partial charge in [-0.05, 0) is 6.26 Å². The van der Waals surface area contributed by atoms with Gasteiger partial charge < -0.3 is 0 Å². The van der Waals surface area contributed by atoms with Crippen LogP contribution in [0.4, 0.5) is 0 Å². The van der Waals surface area contributed by atoms with Crippen LogP contribution in [0.2, 0.25) is 0 Å². The Morgan fingerprint density at radius 3 is 2.43 bits per heavy atom. The molecule has 0 fully saturated rings. The molecular weight excluding hydrogens is 144 g/mol. The van der Waals surface area contributed by atoms with Crippen LogP contribution in [-0.4, -0.2) is 23.0 Å². The molecule has 0 nitrogen and oxygen atoms in total. The lowest BCUT2D eigenvalue weighted by Gasteiger charge is -2.00. The highest BCUT2D eigenvalue weighted by Gasteiger charge is 1.94. The Morgan fingerprint density at radius 2 is 2.29 bits per heavy atom. The first-order chi connectivity index (χ1) is 3.31. The summed E-state index contributed by atoms with van der Waals surface area (Å²) in [4.78, 5) is 0. The van der Waals surface area contributed by atoms with E-state index < -0.39 is 0 Å². The minimum absolute atomic E-state index is 0.471. The predicted molar refractivity (Wildman–Crippen MR) is 45.0 cm³/mol. The first-order valence-corrected chi connectivity index (χ1v) is 4.63. The van der Waals surface area contributed by atoms with E-state index in [0.717, 1.165) is 11.5 Å². The van der Waals surface area contributed by atoms with Gasteiger partial charge in [0, 0.05) is 16.8 Å². The van der Waals surface area contributed by atoms with Crippen LogP contribution in [0.3, 0.4) is 0 Å². The molecule has 7 heavy (non-hydrogen) atoms. The van der Waals surface area contributed by atoms with Crippen LogP contribution < -0.4 is 0 Å². The summed E-state index contributed by atoms with van der Waals surface area (Å²) in [5, 5.41) is 0.471. The van der Waals surface area contributed by atoms with Crippen molar-refractivity contribution in [1.29, 1.82) is 0 Å². The molecule has 44 valence electrons. The standard InChI is InChI=1S/C4H10S3/c1-7-3-4(6)2-5/h4-6H,2-3H2,1H3. The molecule has 0 rings (SSSR count). The summed E-state index contributed by atoms with van der Waals surface area (Å²) in [6.07, 6.45) is 2.08. The second-order valence-corrected chi connectivity index (χ2v) is 3.30. The van der Waals surface area contributed by atoms with Gasteiger partial charge in [-0.15, -0.1) is 0 Å². The molecule has 0 saturated heterocycles. The van der Waals surface area contributed by atoms with Crippen LogP contribution in [0.5, 0.6) is 0 Å². The van der Waals surface area contributed by atoms with Gasteiger partial charge in [0.05, 0.1) is 0 Å². The third kappa shape index (κ3) is 4.91. The maximum absolute atomic E-state index is 4.21. The van der Waals surface area contributed by atoms with Crippen LogP contribution >= 0.6 is 37.0 Å². The molecule has 0 aromatic carbocycles. The van der Waals surface area contributed by atoms with E-state index in [1.54, 1.807) is 0 Å². The van der Waals surface area contributed by atoms with E-state index in [2.05, 4.69) is 31.5 Å². The van der Waals surface area contributed by atoms with E-state index >= 15 is 0 Å². The van der Waals surface area contributed by atoms with E-state index in [4.69, 9.17) is 0 Å². The third-order valence-electron chi connectivity index (χ3n) is 0.570. The molecule has 0 aliphatic rings. The van der Waals surface area contributed by atoms with E-state index in [0.29, 0.717) is 5.25 Å². The second kappa shape index (κ2) is 5.19. The fraction of sp³-hybridized carbons (Fsp3) is 1.00. The van der Waals surface area contributed by atoms with Crippen molar-refractivity contribution in [2.45, 2.75) is 5.25 Å². The van der Waals surface area contributed by atoms with Gasteiger partial charge in [-0.2, -0.15) is 37.0 Å². The molecule has 0 bridgehead atoms. The molecule has 0 aliphatic heterocycles. The average Bonchev–Trinajstić information content (AvgIpc) is 1.68. The number of rotatable bonds is 3. The maximum atomic E-state index is 4.21. The highest BCUT2D eigenvalue weighted by Crippen LogP contribution is 2.04. The first kappa shape index (κ1) is 8.05. The molecule has 0 aromatic heterocycles. The maximum Gasteiger partial charge on any atom is 0.0195 e. The molecule has 0 aliphatic carbocycles. The lowest BCUT2D eigenvalue weighted by Crippen LogP contribution is -2.02. The van der Waals surface area contributed by atoms with Crippen molar-refractivity contribution in [3.63, 3.8) is 0 Å². The predicted octanol–water partition coefficient (Wildman–Crippen LogP) is 1.58. The van der Waals surface area contributed by atoms with E-state index in [9.17, 15) is 0 Å². The highest BCUT2D eigenvalue weighted by molar-refractivity contribution is 7.99. The van der Waals surface area contributed by atoms with Gasteiger partial charge in [-0.3, -0.25) is 0 Å². The molecule has 0 aromatic rings. The molecule has 0 N–H and O–H groups in total. The summed E-state index contributed by atoms with van der Waals surface area (Å²) in [7, 11) is 0. The molecule has 1 unspecified atom stereocenters. The lowest BCUT2D eigenvalue weighted by atomic mass is 10.6. The van der Waals surface area contributed by atoms with Gasteiger partial charge in [-0.25, -0.2) is 0 Å². The fourth-order valence-corrected chi connectivity index (χ4v) is 1.50. The Hall–Kier alpha value is 1.05. The summed E-state index contributed by atoms with van der Waals surface area (Å²) >= 11 is 10.1. The van der Waals surface area contributed by atoms with Crippen molar-refractivity contribution in [3.8, 4) is 0 Å². The van der Waals surface area contributed by atoms with E-state index in [1.165, 1.54) is 0 Å². The van der Waals surface area contributed by atoms with Gasteiger partial charge in [-0.1, -0.05) is 0 Å². The van der Waals surface area contributed by atoms with Crippen molar-refractivity contribution in [2.24, 2.45) is 0 Å². The van der Waals surface area contributed by atoms with Crippen LogP contribution in [0.25, 0.3) is 0 Å². The minimum atomic E-state index is 0.471. The fourth-order valence-electron chi connectivity index (χ4n) is 0.245. The summed E-state index contributed by atoms with van der Waals surface area (Å²) in [6.45, 7) is 0. The SMILES string of the molecule is CSCC(S)CS. The quantitative estimate of drug-likeness (QED) is 0.582. The van der Waals surface area contributed by atoms with Gasteiger partial charge in [0.1, 0.15) is 0 Å². The van der Waals surface area contributed by atoms with Crippen molar-refractivity contribution in [1.82, 2.24) is 0 Å². The molecule has 0 saturated carbocycles. The molecule has 0 heterocycles. The monoisotopic (exact) mass is 154 g/mol. The van der Waals surface area contributed by atoms with Crippen LogP contribution in [-0.2, 0) is 0 Å². The Balaban J connectivity index is 2.83. The molecule has 0 spiro atoms. The van der Waals surface area contributed by atoms with Crippen molar-refractivity contribution in [2.75, 3.05) is 17.8 Å². The zero-order valence-electron chi connectivity index (χ0n) is 4.29. The topological polar surface area (TPSA) is 0 Å². The van der Waals surface area contributed by atoms with Gasteiger partial charge in [0.25, 0.3) is 0 Å². The molecule has 0 radical (unpaired) electrons. The summed E-state index contributed by atoms with van der Waals surface area (Å²) in [5.41, 5.74) is 0. The third-order valence-corrected chi connectivity index (χ3v) is 2.65. The van der Waals surface area contributed by atoms with Gasteiger partial charge in [0.2, 0.25) is 0 Å². The summed E-state index contributed by atoms with van der Waals surface area (Å²) < 4.78 is 0. The zero-order chi connectivity index (χ0) is 5.70. The smallest absolute Gasteiger partial charge is 0.0195 e. The van der Waals surface area contributed by atoms with Crippen molar-refractivity contribution < 1.29 is 0 Å². The highest BCUT2D eigenvalue weighted by atomic mass is 32.2. The Labute approximate surface area is 60.3 Å². The molecule has 1 atom stereocenters. The van der Waals surface area contributed by atoms with Crippen molar-refractivity contribution >= 4 is 37.0 Å². The van der Waals surface area contributed by atoms with Crippen LogP contribution in [0, 0.1) is 0 Å². The molecular formula is C4H10S3. The first-order valence-electron chi connectivity index (χ1n) is 2.09. The average molecular weight is 154 g/mol.